The highest BCUT2D eigenvalue weighted by Gasteiger charge is 2.16. The van der Waals surface area contributed by atoms with Gasteiger partial charge in [0.1, 0.15) is 0 Å². The molecule has 1 nitrogen and oxygen atoms in total. The summed E-state index contributed by atoms with van der Waals surface area (Å²) in [4.78, 5) is 3.36. The quantitative estimate of drug-likeness (QED) is 0.761. The first-order valence-electron chi connectivity index (χ1n) is 5.80. The third-order valence-corrected chi connectivity index (χ3v) is 3.27. The lowest BCUT2D eigenvalue weighted by atomic mass is 9.86. The summed E-state index contributed by atoms with van der Waals surface area (Å²) in [5.41, 5.74) is 2.73. The van der Waals surface area contributed by atoms with Gasteiger partial charge in [-0.3, -0.25) is 0 Å². The van der Waals surface area contributed by atoms with E-state index in [0.717, 1.165) is 0 Å². The van der Waals surface area contributed by atoms with Crippen molar-refractivity contribution in [2.75, 3.05) is 0 Å². The van der Waals surface area contributed by atoms with Gasteiger partial charge < -0.3 is 4.98 Å². The summed E-state index contributed by atoms with van der Waals surface area (Å²) in [6, 6.07) is 8.56. The van der Waals surface area contributed by atoms with Crippen molar-refractivity contribution in [2.45, 2.75) is 33.1 Å². The lowest BCUT2D eigenvalue weighted by Crippen LogP contribution is -2.04. The molecule has 0 amide bonds. The van der Waals surface area contributed by atoms with E-state index in [1.54, 1.807) is 0 Å². The van der Waals surface area contributed by atoms with Gasteiger partial charge in [0.15, 0.2) is 0 Å². The van der Waals surface area contributed by atoms with E-state index in [1.807, 2.05) is 0 Å². The molecule has 0 radical (unpaired) electrons. The molecule has 0 spiro atoms. The molecule has 0 aliphatic rings. The molecule has 0 aliphatic heterocycles. The number of aromatic nitrogens is 1. The zero-order chi connectivity index (χ0) is 10.8. The van der Waals surface area contributed by atoms with Gasteiger partial charge in [-0.05, 0) is 29.9 Å². The van der Waals surface area contributed by atoms with E-state index in [0.29, 0.717) is 11.8 Å². The van der Waals surface area contributed by atoms with Crippen LogP contribution in [-0.2, 0) is 0 Å². The molecule has 1 unspecified atom stereocenters. The van der Waals surface area contributed by atoms with Crippen molar-refractivity contribution in [1.82, 2.24) is 4.98 Å². The second kappa shape index (κ2) is 4.09. The molecule has 0 aliphatic carbocycles. The maximum absolute atomic E-state index is 3.36. The van der Waals surface area contributed by atoms with Crippen molar-refractivity contribution in [2.24, 2.45) is 5.92 Å². The second-order valence-electron chi connectivity index (χ2n) is 4.55. The van der Waals surface area contributed by atoms with E-state index < -0.39 is 0 Å². The molecule has 1 atom stereocenters. The molecule has 1 aromatic carbocycles. The molecule has 0 saturated carbocycles. The molecule has 0 fully saturated rings. The first kappa shape index (κ1) is 10.3. The van der Waals surface area contributed by atoms with Gasteiger partial charge in [-0.15, -0.1) is 0 Å². The summed E-state index contributed by atoms with van der Waals surface area (Å²) >= 11 is 0. The predicted octanol–water partition coefficient (Wildman–Crippen LogP) is 4.32. The molecule has 1 aromatic heterocycles. The Morgan fingerprint density at radius 3 is 2.60 bits per heavy atom. The smallest absolute Gasteiger partial charge is 0.0456 e. The van der Waals surface area contributed by atoms with Crippen LogP contribution >= 0.6 is 0 Å². The molecular weight excluding hydrogens is 182 g/mol. The highest BCUT2D eigenvalue weighted by atomic mass is 14.7. The summed E-state index contributed by atoms with van der Waals surface area (Å²) in [7, 11) is 0. The molecule has 0 bridgehead atoms. The SMILES string of the molecule is CCC(c1c[nH]c2ccccc12)C(C)C. The van der Waals surface area contributed by atoms with Crippen LogP contribution in [0.25, 0.3) is 10.9 Å². The highest BCUT2D eigenvalue weighted by Crippen LogP contribution is 2.32. The molecule has 2 aromatic rings. The van der Waals surface area contributed by atoms with Crippen molar-refractivity contribution in [3.05, 3.63) is 36.0 Å². The van der Waals surface area contributed by atoms with Gasteiger partial charge in [0.05, 0.1) is 0 Å². The van der Waals surface area contributed by atoms with Crippen LogP contribution in [0.2, 0.25) is 0 Å². The van der Waals surface area contributed by atoms with Gasteiger partial charge in [-0.25, -0.2) is 0 Å². The van der Waals surface area contributed by atoms with Crippen LogP contribution in [0.15, 0.2) is 30.5 Å². The maximum atomic E-state index is 3.36. The van der Waals surface area contributed by atoms with E-state index in [2.05, 4.69) is 56.2 Å². The Labute approximate surface area is 91.5 Å². The van der Waals surface area contributed by atoms with Crippen molar-refractivity contribution in [1.29, 1.82) is 0 Å². The zero-order valence-electron chi connectivity index (χ0n) is 9.75. The number of benzene rings is 1. The first-order chi connectivity index (χ1) is 7.24. The fourth-order valence-corrected chi connectivity index (χ4v) is 2.45. The molecule has 0 saturated heterocycles. The summed E-state index contributed by atoms with van der Waals surface area (Å²) in [6.45, 7) is 6.87. The Hall–Kier alpha value is -1.24. The minimum Gasteiger partial charge on any atom is -0.361 e. The summed E-state index contributed by atoms with van der Waals surface area (Å²) in [5.74, 6) is 1.37. The summed E-state index contributed by atoms with van der Waals surface area (Å²) in [5, 5.41) is 1.39. The number of hydrogen-bond acceptors (Lipinski definition) is 0. The fourth-order valence-electron chi connectivity index (χ4n) is 2.45. The number of rotatable bonds is 3. The number of nitrogens with one attached hydrogen (secondary N) is 1. The van der Waals surface area contributed by atoms with E-state index in [4.69, 9.17) is 0 Å². The number of fused-ring (bicyclic) bond motifs is 1. The number of aromatic amines is 1. The number of H-pyrrole nitrogens is 1. The van der Waals surface area contributed by atoms with Crippen molar-refractivity contribution in [3.63, 3.8) is 0 Å². The van der Waals surface area contributed by atoms with Gasteiger partial charge in [-0.2, -0.15) is 0 Å². The van der Waals surface area contributed by atoms with Gasteiger partial charge in [0.2, 0.25) is 0 Å². The van der Waals surface area contributed by atoms with Crippen molar-refractivity contribution < 1.29 is 0 Å². The molecular formula is C14H19N. The number of hydrogen-bond donors (Lipinski definition) is 1. The summed E-state index contributed by atoms with van der Waals surface area (Å²) < 4.78 is 0. The average Bonchev–Trinajstić information content (AvgIpc) is 2.63. The Kier molecular flexibility index (Phi) is 2.81. The fraction of sp³-hybridized carbons (Fsp3) is 0.429. The second-order valence-corrected chi connectivity index (χ2v) is 4.55. The largest absolute Gasteiger partial charge is 0.361 e. The molecule has 80 valence electrons. The van der Waals surface area contributed by atoms with Crippen LogP contribution in [0.1, 0.15) is 38.7 Å². The molecule has 1 heterocycles. The monoisotopic (exact) mass is 201 g/mol. The van der Waals surface area contributed by atoms with Crippen molar-refractivity contribution in [3.8, 4) is 0 Å². The van der Waals surface area contributed by atoms with E-state index in [-0.39, 0.29) is 0 Å². The number of para-hydroxylation sites is 1. The molecule has 15 heavy (non-hydrogen) atoms. The Bertz CT molecular complexity index is 439. The normalized spacial score (nSPS) is 13.6. The summed E-state index contributed by atoms with van der Waals surface area (Å²) in [6.07, 6.45) is 3.39. The van der Waals surface area contributed by atoms with Crippen LogP contribution < -0.4 is 0 Å². The lowest BCUT2D eigenvalue weighted by Gasteiger charge is -2.18. The minimum atomic E-state index is 0.668. The third-order valence-electron chi connectivity index (χ3n) is 3.27. The van der Waals surface area contributed by atoms with Crippen molar-refractivity contribution >= 4 is 10.9 Å². The molecule has 1 N–H and O–H groups in total. The Balaban J connectivity index is 2.51. The van der Waals surface area contributed by atoms with Crippen LogP contribution in [0.3, 0.4) is 0 Å². The predicted molar refractivity (Wildman–Crippen MR) is 66.2 cm³/mol. The van der Waals surface area contributed by atoms with Gasteiger partial charge in [-0.1, -0.05) is 39.0 Å². The topological polar surface area (TPSA) is 15.8 Å². The Morgan fingerprint density at radius 2 is 1.93 bits per heavy atom. The van der Waals surface area contributed by atoms with E-state index in [1.165, 1.54) is 22.9 Å². The first-order valence-corrected chi connectivity index (χ1v) is 5.80. The zero-order valence-corrected chi connectivity index (χ0v) is 9.75. The van der Waals surface area contributed by atoms with E-state index >= 15 is 0 Å². The van der Waals surface area contributed by atoms with Crippen LogP contribution in [-0.4, -0.2) is 4.98 Å². The van der Waals surface area contributed by atoms with Gasteiger partial charge in [0.25, 0.3) is 0 Å². The highest BCUT2D eigenvalue weighted by molar-refractivity contribution is 5.83. The standard InChI is InChI=1S/C14H19N/c1-4-11(10(2)3)13-9-15-14-8-6-5-7-12(13)14/h5-11,15H,4H2,1-3H3. The molecule has 1 heteroatoms. The van der Waals surface area contributed by atoms with Crippen LogP contribution in [0.4, 0.5) is 0 Å². The maximum Gasteiger partial charge on any atom is 0.0456 e. The third kappa shape index (κ3) is 1.79. The Morgan fingerprint density at radius 1 is 1.20 bits per heavy atom. The lowest BCUT2D eigenvalue weighted by molar-refractivity contribution is 0.488. The van der Waals surface area contributed by atoms with Crippen LogP contribution in [0.5, 0.6) is 0 Å². The minimum absolute atomic E-state index is 0.668. The average molecular weight is 201 g/mol. The van der Waals surface area contributed by atoms with Gasteiger partial charge in [0, 0.05) is 17.1 Å². The molecule has 2 rings (SSSR count). The van der Waals surface area contributed by atoms with Crippen LogP contribution in [0, 0.1) is 5.92 Å². The van der Waals surface area contributed by atoms with E-state index in [9.17, 15) is 0 Å². The van der Waals surface area contributed by atoms with Gasteiger partial charge >= 0.3 is 0 Å².